The quantitative estimate of drug-likeness (QED) is 0.834. The van der Waals surface area contributed by atoms with Crippen LogP contribution in [0.4, 0.5) is 0 Å². The molecule has 0 bridgehead atoms. The molecule has 1 aromatic heterocycles. The van der Waals surface area contributed by atoms with Gasteiger partial charge in [0.05, 0.1) is 0 Å². The van der Waals surface area contributed by atoms with Crippen LogP contribution in [-0.2, 0) is 17.8 Å². The molecule has 6 heteroatoms. The SMILES string of the molecule is CCn1c([C@H]2OCC[C@H]2C)nn(CCCO)c1=O. The first kappa shape index (κ1) is 13.3. The Kier molecular flexibility index (Phi) is 4.19. The van der Waals surface area contributed by atoms with Gasteiger partial charge in [-0.15, -0.1) is 0 Å². The average molecular weight is 255 g/mol. The highest BCUT2D eigenvalue weighted by Gasteiger charge is 2.31. The van der Waals surface area contributed by atoms with E-state index in [2.05, 4.69) is 12.0 Å². The van der Waals surface area contributed by atoms with Crippen molar-refractivity contribution in [2.24, 2.45) is 5.92 Å². The topological polar surface area (TPSA) is 69.3 Å². The summed E-state index contributed by atoms with van der Waals surface area (Å²) in [5, 5.41) is 13.2. The second kappa shape index (κ2) is 5.67. The van der Waals surface area contributed by atoms with Crippen molar-refractivity contribution in [1.29, 1.82) is 0 Å². The summed E-state index contributed by atoms with van der Waals surface area (Å²) in [5.74, 6) is 1.12. The second-order valence-electron chi connectivity index (χ2n) is 4.74. The molecule has 2 rings (SSSR count). The van der Waals surface area contributed by atoms with Crippen molar-refractivity contribution in [3.05, 3.63) is 16.3 Å². The third-order valence-corrected chi connectivity index (χ3v) is 3.44. The van der Waals surface area contributed by atoms with Crippen LogP contribution in [0.1, 0.15) is 38.6 Å². The van der Waals surface area contributed by atoms with E-state index in [1.807, 2.05) is 6.92 Å². The van der Waals surface area contributed by atoms with Crippen LogP contribution in [0.25, 0.3) is 0 Å². The molecule has 1 aliphatic heterocycles. The zero-order chi connectivity index (χ0) is 13.1. The molecular formula is C12H21N3O3. The number of hydrogen-bond donors (Lipinski definition) is 1. The van der Waals surface area contributed by atoms with E-state index < -0.39 is 0 Å². The van der Waals surface area contributed by atoms with Crippen LogP contribution in [-0.4, -0.2) is 32.7 Å². The van der Waals surface area contributed by atoms with Crippen LogP contribution in [0.3, 0.4) is 0 Å². The molecule has 0 aliphatic carbocycles. The lowest BCUT2D eigenvalue weighted by Gasteiger charge is -2.13. The third-order valence-electron chi connectivity index (χ3n) is 3.44. The molecule has 2 atom stereocenters. The Morgan fingerprint density at radius 3 is 2.89 bits per heavy atom. The lowest BCUT2D eigenvalue weighted by atomic mass is 10.0. The Bertz CT molecular complexity index is 452. The highest BCUT2D eigenvalue weighted by Crippen LogP contribution is 2.32. The monoisotopic (exact) mass is 255 g/mol. The maximum atomic E-state index is 12.1. The van der Waals surface area contributed by atoms with Crippen LogP contribution < -0.4 is 5.69 Å². The molecule has 1 fully saturated rings. The second-order valence-corrected chi connectivity index (χ2v) is 4.74. The minimum absolute atomic E-state index is 0.0666. The summed E-state index contributed by atoms with van der Waals surface area (Å²) in [4.78, 5) is 12.1. The fourth-order valence-electron chi connectivity index (χ4n) is 2.36. The normalized spacial score (nSPS) is 23.7. The highest BCUT2D eigenvalue weighted by atomic mass is 16.5. The van der Waals surface area contributed by atoms with E-state index >= 15 is 0 Å². The van der Waals surface area contributed by atoms with E-state index in [0.717, 1.165) is 18.9 Å². The molecule has 0 unspecified atom stereocenters. The van der Waals surface area contributed by atoms with Gasteiger partial charge in [-0.25, -0.2) is 9.48 Å². The Hall–Kier alpha value is -1.14. The molecule has 1 N–H and O–H groups in total. The molecule has 0 radical (unpaired) electrons. The molecular weight excluding hydrogens is 234 g/mol. The van der Waals surface area contributed by atoms with Crippen LogP contribution >= 0.6 is 0 Å². The first-order valence-electron chi connectivity index (χ1n) is 6.59. The molecule has 2 heterocycles. The third kappa shape index (κ3) is 2.35. The Morgan fingerprint density at radius 2 is 2.33 bits per heavy atom. The van der Waals surface area contributed by atoms with Crippen molar-refractivity contribution in [3.63, 3.8) is 0 Å². The molecule has 1 aliphatic rings. The predicted molar refractivity (Wildman–Crippen MR) is 66.3 cm³/mol. The number of ether oxygens (including phenoxy) is 1. The van der Waals surface area contributed by atoms with Crippen LogP contribution in [0.2, 0.25) is 0 Å². The Labute approximate surface area is 106 Å². The minimum Gasteiger partial charge on any atom is -0.396 e. The molecule has 6 nitrogen and oxygen atoms in total. The number of aliphatic hydroxyl groups is 1. The number of aryl methyl sites for hydroxylation is 1. The fourth-order valence-corrected chi connectivity index (χ4v) is 2.36. The van der Waals surface area contributed by atoms with Gasteiger partial charge in [0.1, 0.15) is 6.10 Å². The van der Waals surface area contributed by atoms with Crippen molar-refractivity contribution in [3.8, 4) is 0 Å². The zero-order valence-corrected chi connectivity index (χ0v) is 11.0. The van der Waals surface area contributed by atoms with Crippen LogP contribution in [0.15, 0.2) is 4.79 Å². The number of aliphatic hydroxyl groups excluding tert-OH is 1. The largest absolute Gasteiger partial charge is 0.396 e. The van der Waals surface area contributed by atoms with Gasteiger partial charge < -0.3 is 9.84 Å². The Balaban J connectivity index is 2.31. The minimum atomic E-state index is -0.108. The van der Waals surface area contributed by atoms with E-state index in [9.17, 15) is 4.79 Å². The maximum Gasteiger partial charge on any atom is 0.345 e. The summed E-state index contributed by atoms with van der Waals surface area (Å²) in [6.45, 7) is 5.90. The Morgan fingerprint density at radius 1 is 1.56 bits per heavy atom. The van der Waals surface area contributed by atoms with E-state index in [1.165, 1.54) is 4.68 Å². The van der Waals surface area contributed by atoms with Crippen molar-refractivity contribution in [2.45, 2.75) is 45.9 Å². The summed E-state index contributed by atoms with van der Waals surface area (Å²) < 4.78 is 8.79. The molecule has 0 spiro atoms. The van der Waals surface area contributed by atoms with Gasteiger partial charge in [-0.05, 0) is 25.7 Å². The number of rotatable bonds is 5. The van der Waals surface area contributed by atoms with Gasteiger partial charge >= 0.3 is 5.69 Å². The smallest absolute Gasteiger partial charge is 0.345 e. The van der Waals surface area contributed by atoms with Gasteiger partial charge in [0.15, 0.2) is 5.82 Å². The van der Waals surface area contributed by atoms with Gasteiger partial charge in [-0.2, -0.15) is 5.10 Å². The van der Waals surface area contributed by atoms with Gasteiger partial charge in [0.25, 0.3) is 0 Å². The summed E-state index contributed by atoms with van der Waals surface area (Å²) in [5.41, 5.74) is -0.108. The van der Waals surface area contributed by atoms with Gasteiger partial charge in [-0.1, -0.05) is 6.92 Å². The van der Waals surface area contributed by atoms with Crippen molar-refractivity contribution in [2.75, 3.05) is 13.2 Å². The van der Waals surface area contributed by atoms with E-state index in [-0.39, 0.29) is 18.4 Å². The summed E-state index contributed by atoms with van der Waals surface area (Å²) >= 11 is 0. The maximum absolute atomic E-state index is 12.1. The summed E-state index contributed by atoms with van der Waals surface area (Å²) in [6.07, 6.45) is 1.47. The number of hydrogen-bond acceptors (Lipinski definition) is 4. The van der Waals surface area contributed by atoms with E-state index in [4.69, 9.17) is 9.84 Å². The summed E-state index contributed by atoms with van der Waals surface area (Å²) in [6, 6.07) is 0. The molecule has 18 heavy (non-hydrogen) atoms. The lowest BCUT2D eigenvalue weighted by molar-refractivity contribution is 0.0835. The molecule has 0 amide bonds. The molecule has 1 saturated heterocycles. The van der Waals surface area contributed by atoms with Crippen molar-refractivity contribution < 1.29 is 9.84 Å². The predicted octanol–water partition coefficient (Wildman–Crippen LogP) is 0.545. The van der Waals surface area contributed by atoms with Crippen molar-refractivity contribution >= 4 is 0 Å². The molecule has 1 aromatic rings. The van der Waals surface area contributed by atoms with E-state index in [1.54, 1.807) is 4.57 Å². The standard InChI is InChI=1S/C12H21N3O3/c1-3-14-11(10-9(2)5-8-18-10)13-15(12(14)17)6-4-7-16/h9-10,16H,3-8H2,1-2H3/t9-,10+/m1/s1. The van der Waals surface area contributed by atoms with Crippen molar-refractivity contribution in [1.82, 2.24) is 14.3 Å². The van der Waals surface area contributed by atoms with Crippen LogP contribution in [0.5, 0.6) is 0 Å². The number of nitrogens with zero attached hydrogens (tertiary/aromatic N) is 3. The first-order valence-corrected chi connectivity index (χ1v) is 6.59. The van der Waals surface area contributed by atoms with Gasteiger partial charge in [-0.3, -0.25) is 4.57 Å². The molecule has 0 saturated carbocycles. The van der Waals surface area contributed by atoms with Gasteiger partial charge in [0.2, 0.25) is 0 Å². The fraction of sp³-hybridized carbons (Fsp3) is 0.833. The number of aromatic nitrogens is 3. The first-order chi connectivity index (χ1) is 8.69. The molecule has 0 aromatic carbocycles. The summed E-state index contributed by atoms with van der Waals surface area (Å²) in [7, 11) is 0. The zero-order valence-electron chi connectivity index (χ0n) is 11.0. The van der Waals surface area contributed by atoms with E-state index in [0.29, 0.717) is 25.4 Å². The average Bonchev–Trinajstić information content (AvgIpc) is 2.90. The lowest BCUT2D eigenvalue weighted by Crippen LogP contribution is -2.26. The van der Waals surface area contributed by atoms with Crippen LogP contribution in [0, 0.1) is 5.92 Å². The van der Waals surface area contributed by atoms with Gasteiger partial charge in [0, 0.05) is 26.3 Å². The molecule has 102 valence electrons. The highest BCUT2D eigenvalue weighted by molar-refractivity contribution is 4.97.